The maximum absolute atomic E-state index is 12.1. The highest BCUT2D eigenvalue weighted by Crippen LogP contribution is 2.16. The number of carbonyl (C=O) groups is 2. The lowest BCUT2D eigenvalue weighted by Crippen LogP contribution is -2.24. The molecule has 0 saturated heterocycles. The number of amides is 1. The van der Waals surface area contributed by atoms with Crippen molar-refractivity contribution < 1.29 is 14.7 Å². The average molecular weight is 304 g/mol. The van der Waals surface area contributed by atoms with Crippen LogP contribution in [0.1, 0.15) is 41.7 Å². The molecule has 2 rings (SSSR count). The van der Waals surface area contributed by atoms with Gasteiger partial charge in [0.05, 0.1) is 11.3 Å². The number of aliphatic carboxylic acids is 1. The maximum Gasteiger partial charge on any atom is 0.303 e. The lowest BCUT2D eigenvalue weighted by atomic mass is 10.2. The predicted octanol–water partition coefficient (Wildman–Crippen LogP) is 1.65. The van der Waals surface area contributed by atoms with Crippen molar-refractivity contribution in [3.63, 3.8) is 0 Å². The Labute approximate surface area is 128 Å². The van der Waals surface area contributed by atoms with Crippen LogP contribution in [0, 0.1) is 6.92 Å². The molecule has 2 heterocycles. The zero-order chi connectivity index (χ0) is 16.1. The second-order valence-electron chi connectivity index (χ2n) is 5.26. The normalized spacial score (nSPS) is 10.8. The Hall–Kier alpha value is -2.44. The second-order valence-corrected chi connectivity index (χ2v) is 5.26. The monoisotopic (exact) mass is 304 g/mol. The number of carboxylic acid groups (broad SMARTS) is 1. The van der Waals surface area contributed by atoms with Gasteiger partial charge in [0, 0.05) is 31.6 Å². The molecule has 0 aromatic carbocycles. The van der Waals surface area contributed by atoms with Crippen LogP contribution in [0.3, 0.4) is 0 Å². The fraction of sp³-hybridized carbons (Fsp3) is 0.467. The highest BCUT2D eigenvalue weighted by atomic mass is 16.4. The van der Waals surface area contributed by atoms with Gasteiger partial charge in [0.15, 0.2) is 5.65 Å². The largest absolute Gasteiger partial charge is 0.481 e. The highest BCUT2D eigenvalue weighted by molar-refractivity contribution is 5.97. The van der Waals surface area contributed by atoms with Crippen molar-refractivity contribution >= 4 is 22.9 Å². The number of aryl methyl sites for hydroxylation is 2. The van der Waals surface area contributed by atoms with Gasteiger partial charge in [-0.15, -0.1) is 0 Å². The number of rotatable bonds is 7. The number of carbonyl (C=O) groups excluding carboxylic acids is 1. The molecule has 0 radical (unpaired) electrons. The van der Waals surface area contributed by atoms with Gasteiger partial charge in [-0.2, -0.15) is 5.10 Å². The minimum Gasteiger partial charge on any atom is -0.481 e. The van der Waals surface area contributed by atoms with Gasteiger partial charge in [-0.25, -0.2) is 4.98 Å². The minimum atomic E-state index is -0.782. The summed E-state index contributed by atoms with van der Waals surface area (Å²) in [5, 5.41) is 16.5. The van der Waals surface area contributed by atoms with Crippen LogP contribution in [-0.2, 0) is 11.8 Å². The van der Waals surface area contributed by atoms with Gasteiger partial charge in [-0.05, 0) is 25.8 Å². The molecule has 7 nitrogen and oxygen atoms in total. The molecular weight excluding hydrogens is 284 g/mol. The molecule has 0 saturated carbocycles. The molecule has 118 valence electrons. The van der Waals surface area contributed by atoms with Gasteiger partial charge in [-0.3, -0.25) is 14.3 Å². The molecule has 2 aromatic rings. The summed E-state index contributed by atoms with van der Waals surface area (Å²) >= 11 is 0. The van der Waals surface area contributed by atoms with Crippen LogP contribution >= 0.6 is 0 Å². The fourth-order valence-electron chi connectivity index (χ4n) is 2.31. The number of pyridine rings is 1. The third-order valence-corrected chi connectivity index (χ3v) is 3.48. The lowest BCUT2D eigenvalue weighted by molar-refractivity contribution is -0.137. The summed E-state index contributed by atoms with van der Waals surface area (Å²) in [7, 11) is 1.82. The van der Waals surface area contributed by atoms with Gasteiger partial charge in [0.1, 0.15) is 0 Å². The summed E-state index contributed by atoms with van der Waals surface area (Å²) in [6, 6.07) is 1.80. The Morgan fingerprint density at radius 2 is 2.09 bits per heavy atom. The van der Waals surface area contributed by atoms with Gasteiger partial charge < -0.3 is 10.4 Å². The SMILES string of the molecule is Cc1nn(C)c2ncc(C(=O)NCCCCCC(=O)O)cc12. The number of fused-ring (bicyclic) bond motifs is 1. The fourth-order valence-corrected chi connectivity index (χ4v) is 2.31. The van der Waals surface area contributed by atoms with E-state index in [0.29, 0.717) is 18.5 Å². The Bertz CT molecular complexity index is 693. The molecule has 0 unspecified atom stereocenters. The van der Waals surface area contributed by atoms with E-state index in [-0.39, 0.29) is 12.3 Å². The zero-order valence-electron chi connectivity index (χ0n) is 12.8. The molecule has 2 N–H and O–H groups in total. The number of nitrogens with one attached hydrogen (secondary N) is 1. The number of hydrogen-bond acceptors (Lipinski definition) is 4. The standard InChI is InChI=1S/C15H20N4O3/c1-10-12-8-11(9-17-14(12)19(2)18-10)15(22)16-7-5-3-4-6-13(20)21/h8-9H,3-7H2,1-2H3,(H,16,22)(H,20,21). The maximum atomic E-state index is 12.1. The van der Waals surface area contributed by atoms with Gasteiger partial charge in [0.2, 0.25) is 0 Å². The Morgan fingerprint density at radius 1 is 1.32 bits per heavy atom. The van der Waals surface area contributed by atoms with E-state index in [4.69, 9.17) is 5.11 Å². The highest BCUT2D eigenvalue weighted by Gasteiger charge is 2.11. The molecule has 0 fully saturated rings. The van der Waals surface area contributed by atoms with Crippen molar-refractivity contribution in [3.05, 3.63) is 23.5 Å². The Balaban J connectivity index is 1.87. The first-order valence-electron chi connectivity index (χ1n) is 7.28. The first kappa shape index (κ1) is 15.9. The van der Waals surface area contributed by atoms with E-state index >= 15 is 0 Å². The van der Waals surface area contributed by atoms with E-state index < -0.39 is 5.97 Å². The van der Waals surface area contributed by atoms with Crippen molar-refractivity contribution in [1.29, 1.82) is 0 Å². The van der Waals surface area contributed by atoms with Crippen molar-refractivity contribution in [1.82, 2.24) is 20.1 Å². The first-order chi connectivity index (χ1) is 10.5. The third-order valence-electron chi connectivity index (χ3n) is 3.48. The van der Waals surface area contributed by atoms with E-state index in [1.54, 1.807) is 16.9 Å². The average Bonchev–Trinajstić information content (AvgIpc) is 2.76. The summed E-state index contributed by atoms with van der Waals surface area (Å²) in [6.45, 7) is 2.41. The van der Waals surface area contributed by atoms with Crippen LogP contribution in [0.15, 0.2) is 12.3 Å². The summed E-state index contributed by atoms with van der Waals surface area (Å²) in [4.78, 5) is 26.7. The van der Waals surface area contributed by atoms with Gasteiger partial charge in [-0.1, -0.05) is 6.42 Å². The summed E-state index contributed by atoms with van der Waals surface area (Å²) in [5.74, 6) is -0.953. The van der Waals surface area contributed by atoms with Crippen molar-refractivity contribution in [2.75, 3.05) is 6.54 Å². The Morgan fingerprint density at radius 3 is 2.82 bits per heavy atom. The first-order valence-corrected chi connectivity index (χ1v) is 7.28. The molecule has 7 heteroatoms. The van der Waals surface area contributed by atoms with E-state index in [2.05, 4.69) is 15.4 Å². The van der Waals surface area contributed by atoms with Crippen LogP contribution in [0.5, 0.6) is 0 Å². The smallest absolute Gasteiger partial charge is 0.303 e. The zero-order valence-corrected chi connectivity index (χ0v) is 12.8. The van der Waals surface area contributed by atoms with Crippen molar-refractivity contribution in [3.8, 4) is 0 Å². The second kappa shape index (κ2) is 7.02. The molecule has 0 aliphatic rings. The van der Waals surface area contributed by atoms with E-state index in [1.807, 2.05) is 14.0 Å². The van der Waals surface area contributed by atoms with E-state index in [1.165, 1.54) is 0 Å². The molecule has 0 atom stereocenters. The molecular formula is C15H20N4O3. The number of carboxylic acids is 1. The molecule has 0 aliphatic carbocycles. The quantitative estimate of drug-likeness (QED) is 0.758. The van der Waals surface area contributed by atoms with Crippen molar-refractivity contribution in [2.45, 2.75) is 32.6 Å². The Kier molecular flexibility index (Phi) is 5.08. The number of nitrogens with zero attached hydrogens (tertiary/aromatic N) is 3. The molecule has 0 aliphatic heterocycles. The minimum absolute atomic E-state index is 0.170. The van der Waals surface area contributed by atoms with Crippen LogP contribution in [-0.4, -0.2) is 38.3 Å². The predicted molar refractivity (Wildman–Crippen MR) is 81.7 cm³/mol. The van der Waals surface area contributed by atoms with Crippen LogP contribution in [0.2, 0.25) is 0 Å². The topological polar surface area (TPSA) is 97.1 Å². The van der Waals surface area contributed by atoms with Crippen LogP contribution < -0.4 is 5.32 Å². The molecule has 0 spiro atoms. The number of hydrogen-bond donors (Lipinski definition) is 2. The molecule has 2 aromatic heterocycles. The number of unbranched alkanes of at least 4 members (excludes halogenated alkanes) is 2. The van der Waals surface area contributed by atoms with E-state index in [0.717, 1.165) is 29.6 Å². The van der Waals surface area contributed by atoms with Crippen LogP contribution in [0.25, 0.3) is 11.0 Å². The lowest BCUT2D eigenvalue weighted by Gasteiger charge is -2.05. The summed E-state index contributed by atoms with van der Waals surface area (Å²) in [5.41, 5.74) is 2.10. The van der Waals surface area contributed by atoms with Crippen molar-refractivity contribution in [2.24, 2.45) is 7.05 Å². The third kappa shape index (κ3) is 3.81. The van der Waals surface area contributed by atoms with Gasteiger partial charge >= 0.3 is 5.97 Å². The van der Waals surface area contributed by atoms with E-state index in [9.17, 15) is 9.59 Å². The number of aromatic nitrogens is 3. The molecule has 1 amide bonds. The molecule has 22 heavy (non-hydrogen) atoms. The molecule has 0 bridgehead atoms. The summed E-state index contributed by atoms with van der Waals surface area (Å²) < 4.78 is 1.69. The van der Waals surface area contributed by atoms with Crippen LogP contribution in [0.4, 0.5) is 0 Å². The van der Waals surface area contributed by atoms with Gasteiger partial charge in [0.25, 0.3) is 5.91 Å². The summed E-state index contributed by atoms with van der Waals surface area (Å²) in [6.07, 6.45) is 3.90.